The number of benzene rings is 2. The van der Waals surface area contributed by atoms with Crippen LogP contribution in [0.1, 0.15) is 19.8 Å². The molecule has 2 aromatic rings. The summed E-state index contributed by atoms with van der Waals surface area (Å²) in [5.41, 5.74) is 0. The van der Waals surface area contributed by atoms with E-state index in [0.717, 1.165) is 23.6 Å². The maximum Gasteiger partial charge on any atom is 0.241 e. The Labute approximate surface area is 126 Å². The normalized spacial score (nSPS) is 13.4. The molecule has 0 saturated heterocycles. The number of nitrogens with one attached hydrogen (secondary N) is 1. The van der Waals surface area contributed by atoms with Gasteiger partial charge in [-0.3, -0.25) is 0 Å². The molecule has 5 heteroatoms. The van der Waals surface area contributed by atoms with E-state index in [1.807, 2.05) is 37.3 Å². The van der Waals surface area contributed by atoms with E-state index >= 15 is 0 Å². The summed E-state index contributed by atoms with van der Waals surface area (Å²) < 4.78 is 33.1. The monoisotopic (exact) mass is 307 g/mol. The third kappa shape index (κ3) is 3.81. The fraction of sp³-hybridized carbons (Fsp3) is 0.375. The number of hydrogen-bond acceptors (Lipinski definition) is 3. The highest BCUT2D eigenvalue weighted by atomic mass is 32.2. The molecule has 1 atom stereocenters. The van der Waals surface area contributed by atoms with Gasteiger partial charge < -0.3 is 4.74 Å². The van der Waals surface area contributed by atoms with E-state index in [9.17, 15) is 8.42 Å². The predicted octanol–water partition coefficient (Wildman–Crippen LogP) is 2.93. The average Bonchev–Trinajstić information content (AvgIpc) is 2.47. The van der Waals surface area contributed by atoms with Gasteiger partial charge >= 0.3 is 0 Å². The second kappa shape index (κ2) is 7.02. The van der Waals surface area contributed by atoms with Crippen molar-refractivity contribution >= 4 is 20.8 Å². The lowest BCUT2D eigenvalue weighted by Gasteiger charge is -2.18. The van der Waals surface area contributed by atoms with Gasteiger partial charge in [0, 0.05) is 18.5 Å². The molecule has 0 aliphatic rings. The van der Waals surface area contributed by atoms with Crippen molar-refractivity contribution in [2.24, 2.45) is 0 Å². The highest BCUT2D eigenvalue weighted by Crippen LogP contribution is 2.23. The molecular formula is C16H21NO3S. The van der Waals surface area contributed by atoms with Crippen LogP contribution in [0.2, 0.25) is 0 Å². The summed E-state index contributed by atoms with van der Waals surface area (Å²) in [4.78, 5) is 0.317. The maximum absolute atomic E-state index is 12.6. The van der Waals surface area contributed by atoms with Crippen LogP contribution >= 0.6 is 0 Å². The Morgan fingerprint density at radius 2 is 1.86 bits per heavy atom. The van der Waals surface area contributed by atoms with E-state index in [2.05, 4.69) is 4.72 Å². The van der Waals surface area contributed by atoms with Crippen LogP contribution in [0.5, 0.6) is 0 Å². The molecule has 0 spiro atoms. The molecule has 0 aliphatic carbocycles. The summed E-state index contributed by atoms with van der Waals surface area (Å²) in [7, 11) is -1.98. The quantitative estimate of drug-likeness (QED) is 0.855. The number of rotatable bonds is 7. The molecule has 0 aliphatic heterocycles. The fourth-order valence-electron chi connectivity index (χ4n) is 2.44. The van der Waals surface area contributed by atoms with Gasteiger partial charge in [0.25, 0.3) is 0 Å². The van der Waals surface area contributed by atoms with Gasteiger partial charge in [0.2, 0.25) is 10.0 Å². The minimum atomic E-state index is -3.56. The van der Waals surface area contributed by atoms with E-state index in [1.165, 1.54) is 0 Å². The summed E-state index contributed by atoms with van der Waals surface area (Å²) in [5, 5.41) is 1.65. The Hall–Kier alpha value is -1.43. The van der Waals surface area contributed by atoms with Crippen LogP contribution in [0, 0.1) is 0 Å². The van der Waals surface area contributed by atoms with Crippen molar-refractivity contribution in [3.05, 3.63) is 42.5 Å². The van der Waals surface area contributed by atoms with E-state index < -0.39 is 10.0 Å². The molecule has 4 nitrogen and oxygen atoms in total. The van der Waals surface area contributed by atoms with Crippen molar-refractivity contribution in [3.63, 3.8) is 0 Å². The van der Waals surface area contributed by atoms with Gasteiger partial charge in [0.1, 0.15) is 0 Å². The van der Waals surface area contributed by atoms with Crippen molar-refractivity contribution in [1.29, 1.82) is 0 Å². The van der Waals surface area contributed by atoms with E-state index in [0.29, 0.717) is 11.5 Å². The SMILES string of the molecule is CCCC(COC)NS(=O)(=O)c1cccc2ccccc12. The van der Waals surface area contributed by atoms with Gasteiger partial charge in [0.05, 0.1) is 11.5 Å². The number of ether oxygens (including phenoxy) is 1. The molecule has 0 saturated carbocycles. The number of sulfonamides is 1. The Morgan fingerprint density at radius 1 is 1.14 bits per heavy atom. The van der Waals surface area contributed by atoms with Crippen LogP contribution in [-0.4, -0.2) is 28.2 Å². The van der Waals surface area contributed by atoms with Gasteiger partial charge in [-0.1, -0.05) is 49.7 Å². The first kappa shape index (κ1) is 15.9. The topological polar surface area (TPSA) is 55.4 Å². The molecule has 0 fully saturated rings. The van der Waals surface area contributed by atoms with Crippen molar-refractivity contribution in [3.8, 4) is 0 Å². The zero-order valence-corrected chi connectivity index (χ0v) is 13.2. The maximum atomic E-state index is 12.6. The Balaban J connectivity index is 2.37. The van der Waals surface area contributed by atoms with E-state index in [4.69, 9.17) is 4.74 Å². The fourth-order valence-corrected chi connectivity index (χ4v) is 3.92. The van der Waals surface area contributed by atoms with Gasteiger partial charge in [-0.05, 0) is 17.9 Å². The third-order valence-corrected chi connectivity index (χ3v) is 4.94. The zero-order chi connectivity index (χ0) is 15.3. The van der Waals surface area contributed by atoms with Crippen LogP contribution in [0.15, 0.2) is 47.4 Å². The standard InChI is InChI=1S/C16H21NO3S/c1-3-7-14(12-20-2)17-21(18,19)16-11-6-9-13-8-4-5-10-15(13)16/h4-6,8-11,14,17H,3,7,12H2,1-2H3. The van der Waals surface area contributed by atoms with Gasteiger partial charge in [-0.15, -0.1) is 0 Å². The van der Waals surface area contributed by atoms with Crippen molar-refractivity contribution in [2.75, 3.05) is 13.7 Å². The Bertz CT molecular complexity index is 686. The number of fused-ring (bicyclic) bond motifs is 1. The molecule has 0 aromatic heterocycles. The summed E-state index contributed by atoms with van der Waals surface area (Å²) in [6.45, 7) is 2.40. The van der Waals surface area contributed by atoms with Gasteiger partial charge in [-0.25, -0.2) is 13.1 Å². The molecule has 114 valence electrons. The van der Waals surface area contributed by atoms with Crippen LogP contribution in [0.25, 0.3) is 10.8 Å². The zero-order valence-electron chi connectivity index (χ0n) is 12.4. The molecular weight excluding hydrogens is 286 g/mol. The summed E-state index contributed by atoms with van der Waals surface area (Å²) in [5.74, 6) is 0. The first-order valence-corrected chi connectivity index (χ1v) is 8.56. The van der Waals surface area contributed by atoms with Gasteiger partial charge in [-0.2, -0.15) is 0 Å². The first-order valence-electron chi connectivity index (χ1n) is 7.07. The van der Waals surface area contributed by atoms with Crippen molar-refractivity contribution in [1.82, 2.24) is 4.72 Å². The largest absolute Gasteiger partial charge is 0.383 e. The van der Waals surface area contributed by atoms with E-state index in [-0.39, 0.29) is 6.04 Å². The van der Waals surface area contributed by atoms with Gasteiger partial charge in [0.15, 0.2) is 0 Å². The molecule has 1 unspecified atom stereocenters. The molecule has 0 heterocycles. The smallest absolute Gasteiger partial charge is 0.241 e. The van der Waals surface area contributed by atoms with Crippen molar-refractivity contribution < 1.29 is 13.2 Å². The lowest BCUT2D eigenvalue weighted by Crippen LogP contribution is -2.37. The number of hydrogen-bond donors (Lipinski definition) is 1. The minimum absolute atomic E-state index is 0.205. The third-order valence-electron chi connectivity index (χ3n) is 3.37. The highest BCUT2D eigenvalue weighted by Gasteiger charge is 2.21. The van der Waals surface area contributed by atoms with Crippen molar-refractivity contribution in [2.45, 2.75) is 30.7 Å². The molecule has 0 bridgehead atoms. The van der Waals surface area contributed by atoms with Crippen LogP contribution in [0.3, 0.4) is 0 Å². The second-order valence-electron chi connectivity index (χ2n) is 5.04. The summed E-state index contributed by atoms with van der Waals surface area (Å²) in [6, 6.07) is 12.6. The van der Waals surface area contributed by atoms with Crippen LogP contribution < -0.4 is 4.72 Å². The average molecular weight is 307 g/mol. The lowest BCUT2D eigenvalue weighted by atomic mass is 10.1. The van der Waals surface area contributed by atoms with E-state index in [1.54, 1.807) is 19.2 Å². The second-order valence-corrected chi connectivity index (χ2v) is 6.72. The Morgan fingerprint density at radius 3 is 2.57 bits per heavy atom. The molecule has 1 N–H and O–H groups in total. The minimum Gasteiger partial charge on any atom is -0.383 e. The molecule has 0 radical (unpaired) electrons. The lowest BCUT2D eigenvalue weighted by molar-refractivity contribution is 0.171. The molecule has 0 amide bonds. The summed E-state index contributed by atoms with van der Waals surface area (Å²) in [6.07, 6.45) is 1.64. The highest BCUT2D eigenvalue weighted by molar-refractivity contribution is 7.89. The van der Waals surface area contributed by atoms with Crippen LogP contribution in [0.4, 0.5) is 0 Å². The number of methoxy groups -OCH3 is 1. The Kier molecular flexibility index (Phi) is 5.33. The molecule has 2 rings (SSSR count). The summed E-state index contributed by atoms with van der Waals surface area (Å²) >= 11 is 0. The predicted molar refractivity (Wildman–Crippen MR) is 84.8 cm³/mol. The molecule has 2 aromatic carbocycles. The van der Waals surface area contributed by atoms with Crippen LogP contribution in [-0.2, 0) is 14.8 Å². The first-order chi connectivity index (χ1) is 10.1. The molecule has 21 heavy (non-hydrogen) atoms.